The van der Waals surface area contributed by atoms with Crippen molar-refractivity contribution in [3.63, 3.8) is 0 Å². The predicted molar refractivity (Wildman–Crippen MR) is 103 cm³/mol. The third-order valence-corrected chi connectivity index (χ3v) is 5.27. The third kappa shape index (κ3) is 4.26. The summed E-state index contributed by atoms with van der Waals surface area (Å²) in [5, 5.41) is 7.52. The highest BCUT2D eigenvalue weighted by Crippen LogP contribution is 2.38. The van der Waals surface area contributed by atoms with Crippen LogP contribution in [-0.4, -0.2) is 50.9 Å². The Morgan fingerprint density at radius 2 is 1.90 bits per heavy atom. The molecule has 1 aromatic heterocycles. The molecule has 8 heteroatoms. The van der Waals surface area contributed by atoms with Crippen LogP contribution in [0.25, 0.3) is 11.5 Å². The zero-order valence-corrected chi connectivity index (χ0v) is 16.8. The van der Waals surface area contributed by atoms with Crippen molar-refractivity contribution in [2.45, 2.75) is 70.2 Å². The maximum absolute atomic E-state index is 12.7. The number of carbonyl (C=O) groups excluding carboxylic acids is 2. The van der Waals surface area contributed by atoms with Crippen LogP contribution in [-0.2, 0) is 9.47 Å². The number of benzene rings is 1. The second kappa shape index (κ2) is 7.50. The average Bonchev–Trinajstić information content (AvgIpc) is 3.27. The van der Waals surface area contributed by atoms with E-state index in [4.69, 9.17) is 13.9 Å². The van der Waals surface area contributed by atoms with E-state index in [2.05, 4.69) is 10.2 Å². The number of rotatable bonds is 3. The first-order valence-corrected chi connectivity index (χ1v) is 9.89. The molecule has 2 bridgehead atoms. The molecule has 2 aliphatic rings. The van der Waals surface area contributed by atoms with E-state index in [9.17, 15) is 9.59 Å². The molecule has 4 rings (SSSR count). The van der Waals surface area contributed by atoms with Crippen molar-refractivity contribution < 1.29 is 23.5 Å². The minimum absolute atomic E-state index is 0.0473. The number of amides is 1. The molecule has 0 radical (unpaired) electrons. The first kappa shape index (κ1) is 19.4. The summed E-state index contributed by atoms with van der Waals surface area (Å²) in [6.07, 6.45) is 3.83. The van der Waals surface area contributed by atoms with Crippen LogP contribution in [0, 0.1) is 0 Å². The summed E-state index contributed by atoms with van der Waals surface area (Å²) in [6, 6.07) is 7.03. The standard InChI is InChI=1S/C21H25N3O5/c1-21(2,3)29-20(26)24-15-7-8-16(24)11-17(10-15)28-19(25)14-6-4-5-13(9-14)18-23-22-12-27-18/h4-6,9,12,15-17H,7-8,10-11H2,1-3H3/t15-,16+,17?. The van der Waals surface area contributed by atoms with Gasteiger partial charge < -0.3 is 18.8 Å². The number of ether oxygens (including phenoxy) is 2. The van der Waals surface area contributed by atoms with E-state index in [0.717, 1.165) is 12.8 Å². The van der Waals surface area contributed by atoms with Gasteiger partial charge in [0, 0.05) is 30.5 Å². The zero-order valence-electron chi connectivity index (χ0n) is 16.8. The summed E-state index contributed by atoms with van der Waals surface area (Å²) < 4.78 is 16.5. The fourth-order valence-electron chi connectivity index (χ4n) is 4.13. The van der Waals surface area contributed by atoms with E-state index in [1.807, 2.05) is 25.7 Å². The van der Waals surface area contributed by atoms with Crippen LogP contribution in [0.1, 0.15) is 56.8 Å². The van der Waals surface area contributed by atoms with Crippen molar-refractivity contribution in [3.8, 4) is 11.5 Å². The van der Waals surface area contributed by atoms with Gasteiger partial charge in [0.15, 0.2) is 0 Å². The van der Waals surface area contributed by atoms with Gasteiger partial charge >= 0.3 is 12.1 Å². The SMILES string of the molecule is CC(C)(C)OC(=O)N1[C@@H]2CC[C@H]1CC(OC(=O)c1cccc(-c3nnco3)c1)C2. The van der Waals surface area contributed by atoms with Gasteiger partial charge in [-0.25, -0.2) is 9.59 Å². The number of fused-ring (bicyclic) bond motifs is 2. The third-order valence-electron chi connectivity index (χ3n) is 5.27. The number of piperidine rings is 1. The van der Waals surface area contributed by atoms with Crippen molar-refractivity contribution in [1.29, 1.82) is 0 Å². The van der Waals surface area contributed by atoms with E-state index < -0.39 is 5.60 Å². The van der Waals surface area contributed by atoms with Gasteiger partial charge in [0.05, 0.1) is 5.56 Å². The molecule has 154 valence electrons. The van der Waals surface area contributed by atoms with Crippen molar-refractivity contribution in [2.75, 3.05) is 0 Å². The lowest BCUT2D eigenvalue weighted by atomic mass is 10.00. The normalized spacial score (nSPS) is 23.7. The molecular weight excluding hydrogens is 374 g/mol. The van der Waals surface area contributed by atoms with E-state index in [1.165, 1.54) is 6.39 Å². The van der Waals surface area contributed by atoms with E-state index in [-0.39, 0.29) is 30.3 Å². The molecule has 3 heterocycles. The Morgan fingerprint density at radius 1 is 1.17 bits per heavy atom. The molecule has 0 aliphatic carbocycles. The molecule has 1 amide bonds. The van der Waals surface area contributed by atoms with Crippen molar-refractivity contribution in [3.05, 3.63) is 36.2 Å². The summed E-state index contributed by atoms with van der Waals surface area (Å²) in [7, 11) is 0. The summed E-state index contributed by atoms with van der Waals surface area (Å²) in [5.41, 5.74) is 0.572. The Kier molecular flexibility index (Phi) is 5.02. The van der Waals surface area contributed by atoms with Crippen LogP contribution in [0.15, 0.2) is 35.1 Å². The average molecular weight is 399 g/mol. The Labute approximate surface area is 169 Å². The molecule has 0 N–H and O–H groups in total. The van der Waals surface area contributed by atoms with Crippen LogP contribution < -0.4 is 0 Å². The number of hydrogen-bond acceptors (Lipinski definition) is 7. The minimum atomic E-state index is -0.525. The van der Waals surface area contributed by atoms with Crippen molar-refractivity contribution >= 4 is 12.1 Å². The van der Waals surface area contributed by atoms with Gasteiger partial charge in [0.2, 0.25) is 12.3 Å². The quantitative estimate of drug-likeness (QED) is 0.724. The number of nitrogens with zero attached hydrogens (tertiary/aromatic N) is 3. The summed E-state index contributed by atoms with van der Waals surface area (Å²) in [5.74, 6) is -0.0372. The van der Waals surface area contributed by atoms with E-state index in [0.29, 0.717) is 29.9 Å². The van der Waals surface area contributed by atoms with Gasteiger partial charge in [-0.15, -0.1) is 10.2 Å². The van der Waals surface area contributed by atoms with Gasteiger partial charge in [-0.2, -0.15) is 0 Å². The molecular formula is C21H25N3O5. The lowest BCUT2D eigenvalue weighted by molar-refractivity contribution is -0.0226. The first-order chi connectivity index (χ1) is 13.8. The van der Waals surface area contributed by atoms with Crippen LogP contribution in [0.3, 0.4) is 0 Å². The maximum Gasteiger partial charge on any atom is 0.410 e. The largest absolute Gasteiger partial charge is 0.459 e. The number of hydrogen-bond donors (Lipinski definition) is 0. The highest BCUT2D eigenvalue weighted by molar-refractivity contribution is 5.90. The molecule has 3 atom stereocenters. The van der Waals surface area contributed by atoms with Crippen LogP contribution in [0.4, 0.5) is 4.79 Å². The smallest absolute Gasteiger partial charge is 0.410 e. The van der Waals surface area contributed by atoms with Gasteiger partial charge in [-0.1, -0.05) is 6.07 Å². The predicted octanol–water partition coefficient (Wildman–Crippen LogP) is 3.82. The monoisotopic (exact) mass is 399 g/mol. The summed E-state index contributed by atoms with van der Waals surface area (Å²) in [6.45, 7) is 5.59. The molecule has 8 nitrogen and oxygen atoms in total. The number of esters is 1. The fourth-order valence-corrected chi connectivity index (χ4v) is 4.13. The Morgan fingerprint density at radius 3 is 2.52 bits per heavy atom. The lowest BCUT2D eigenvalue weighted by Gasteiger charge is -2.39. The Balaban J connectivity index is 1.40. The van der Waals surface area contributed by atoms with Crippen LogP contribution >= 0.6 is 0 Å². The van der Waals surface area contributed by atoms with Gasteiger partial charge in [-0.3, -0.25) is 0 Å². The van der Waals surface area contributed by atoms with Gasteiger partial charge in [-0.05, 0) is 51.8 Å². The highest BCUT2D eigenvalue weighted by atomic mass is 16.6. The molecule has 2 saturated heterocycles. The van der Waals surface area contributed by atoms with E-state index >= 15 is 0 Å². The van der Waals surface area contributed by atoms with Crippen LogP contribution in [0.5, 0.6) is 0 Å². The summed E-state index contributed by atoms with van der Waals surface area (Å²) in [4.78, 5) is 27.1. The molecule has 2 aliphatic heterocycles. The van der Waals surface area contributed by atoms with Crippen molar-refractivity contribution in [1.82, 2.24) is 15.1 Å². The molecule has 1 aromatic carbocycles. The molecule has 2 fully saturated rings. The van der Waals surface area contributed by atoms with Gasteiger partial charge in [0.25, 0.3) is 0 Å². The molecule has 29 heavy (non-hydrogen) atoms. The Hall–Kier alpha value is -2.90. The van der Waals surface area contributed by atoms with Crippen LogP contribution in [0.2, 0.25) is 0 Å². The molecule has 1 unspecified atom stereocenters. The Bertz CT molecular complexity index is 876. The minimum Gasteiger partial charge on any atom is -0.459 e. The summed E-state index contributed by atoms with van der Waals surface area (Å²) >= 11 is 0. The van der Waals surface area contributed by atoms with Crippen molar-refractivity contribution in [2.24, 2.45) is 0 Å². The first-order valence-electron chi connectivity index (χ1n) is 9.89. The molecule has 2 aromatic rings. The number of carbonyl (C=O) groups is 2. The second-order valence-electron chi connectivity index (χ2n) is 8.60. The number of aromatic nitrogens is 2. The lowest BCUT2D eigenvalue weighted by Crippen LogP contribution is -2.50. The highest BCUT2D eigenvalue weighted by Gasteiger charge is 2.46. The fraction of sp³-hybridized carbons (Fsp3) is 0.524. The molecule has 0 spiro atoms. The topological polar surface area (TPSA) is 94.8 Å². The second-order valence-corrected chi connectivity index (χ2v) is 8.60. The maximum atomic E-state index is 12.7. The zero-order chi connectivity index (χ0) is 20.6. The van der Waals surface area contributed by atoms with E-state index in [1.54, 1.807) is 24.3 Å². The molecule has 0 saturated carbocycles. The van der Waals surface area contributed by atoms with Gasteiger partial charge in [0.1, 0.15) is 11.7 Å².